The highest BCUT2D eigenvalue weighted by molar-refractivity contribution is 7.89. The van der Waals surface area contributed by atoms with E-state index in [1.165, 1.54) is 11.4 Å². The van der Waals surface area contributed by atoms with Crippen molar-refractivity contribution in [2.45, 2.75) is 44.1 Å². The van der Waals surface area contributed by atoms with Crippen LogP contribution in [0.2, 0.25) is 0 Å². The average molecular weight is 460 g/mol. The summed E-state index contributed by atoms with van der Waals surface area (Å²) in [5.41, 5.74) is 2.27. The summed E-state index contributed by atoms with van der Waals surface area (Å²) in [5.74, 6) is -0.759. The number of ether oxygens (including phenoxy) is 2. The van der Waals surface area contributed by atoms with Crippen LogP contribution in [0, 0.1) is 5.92 Å². The number of sulfonamides is 1. The zero-order chi connectivity index (χ0) is 23.3. The Labute approximate surface area is 189 Å². The molecule has 1 saturated heterocycles. The summed E-state index contributed by atoms with van der Waals surface area (Å²) in [6, 6.07) is 13.6. The van der Waals surface area contributed by atoms with Crippen LogP contribution in [0.15, 0.2) is 53.4 Å². The predicted molar refractivity (Wildman–Crippen MR) is 120 cm³/mol. The Morgan fingerprint density at radius 1 is 1.00 bits per heavy atom. The molecule has 0 spiro atoms. The third kappa shape index (κ3) is 5.55. The summed E-state index contributed by atoms with van der Waals surface area (Å²) in [7, 11) is -2.26. The SMILES string of the molecule is COC(=O)c1ccc(COC(=O)C2CCN(S(=O)(=O)c3ccc(C(C)C)cc3)CC2)cc1. The molecular formula is C24H29NO6S. The quantitative estimate of drug-likeness (QED) is 0.586. The highest BCUT2D eigenvalue weighted by atomic mass is 32.2. The summed E-state index contributed by atoms with van der Waals surface area (Å²) < 4.78 is 37.4. The van der Waals surface area contributed by atoms with Crippen molar-refractivity contribution in [3.63, 3.8) is 0 Å². The molecule has 1 aliphatic heterocycles. The first-order valence-corrected chi connectivity index (χ1v) is 12.1. The molecule has 0 bridgehead atoms. The van der Waals surface area contributed by atoms with Gasteiger partial charge in [0.15, 0.2) is 0 Å². The maximum absolute atomic E-state index is 12.9. The Morgan fingerprint density at radius 3 is 2.12 bits per heavy atom. The third-order valence-electron chi connectivity index (χ3n) is 5.73. The lowest BCUT2D eigenvalue weighted by atomic mass is 9.98. The number of carbonyl (C=O) groups is 2. The fraction of sp³-hybridized carbons (Fsp3) is 0.417. The van der Waals surface area contributed by atoms with Gasteiger partial charge >= 0.3 is 11.9 Å². The van der Waals surface area contributed by atoms with E-state index >= 15 is 0 Å². The van der Waals surface area contributed by atoms with E-state index in [9.17, 15) is 18.0 Å². The fourth-order valence-corrected chi connectivity index (χ4v) is 5.10. The minimum absolute atomic E-state index is 0.0982. The van der Waals surface area contributed by atoms with Crippen molar-refractivity contribution >= 4 is 22.0 Å². The molecule has 0 aliphatic carbocycles. The number of nitrogens with zero attached hydrogens (tertiary/aromatic N) is 1. The molecule has 172 valence electrons. The Balaban J connectivity index is 1.52. The van der Waals surface area contributed by atoms with Crippen LogP contribution in [-0.4, -0.2) is 44.9 Å². The van der Waals surface area contributed by atoms with Gasteiger partial charge in [0.25, 0.3) is 0 Å². The number of piperidine rings is 1. The smallest absolute Gasteiger partial charge is 0.337 e. The van der Waals surface area contributed by atoms with Crippen LogP contribution in [-0.2, 0) is 30.9 Å². The van der Waals surface area contributed by atoms with Crippen molar-refractivity contribution in [2.75, 3.05) is 20.2 Å². The molecule has 1 heterocycles. The summed E-state index contributed by atoms with van der Waals surface area (Å²) in [6.07, 6.45) is 0.840. The van der Waals surface area contributed by atoms with Gasteiger partial charge in [-0.05, 0) is 54.2 Å². The average Bonchev–Trinajstić information content (AvgIpc) is 2.82. The van der Waals surface area contributed by atoms with Gasteiger partial charge in [-0.1, -0.05) is 38.1 Å². The van der Waals surface area contributed by atoms with E-state index in [0.717, 1.165) is 11.1 Å². The van der Waals surface area contributed by atoms with E-state index in [0.29, 0.717) is 24.3 Å². The summed E-state index contributed by atoms with van der Waals surface area (Å²) in [5, 5.41) is 0. The maximum Gasteiger partial charge on any atom is 0.337 e. The van der Waals surface area contributed by atoms with Gasteiger partial charge in [0.2, 0.25) is 10.0 Å². The molecule has 0 saturated carbocycles. The maximum atomic E-state index is 12.9. The molecule has 0 amide bonds. The van der Waals surface area contributed by atoms with E-state index in [1.807, 2.05) is 12.1 Å². The Morgan fingerprint density at radius 2 is 1.59 bits per heavy atom. The normalized spacial score (nSPS) is 15.5. The lowest BCUT2D eigenvalue weighted by Crippen LogP contribution is -2.40. The fourth-order valence-electron chi connectivity index (χ4n) is 3.63. The number of hydrogen-bond donors (Lipinski definition) is 0. The highest BCUT2D eigenvalue weighted by Crippen LogP contribution is 2.26. The van der Waals surface area contributed by atoms with Gasteiger partial charge in [-0.2, -0.15) is 4.31 Å². The van der Waals surface area contributed by atoms with Crippen LogP contribution in [0.4, 0.5) is 0 Å². The molecule has 3 rings (SSSR count). The van der Waals surface area contributed by atoms with E-state index in [4.69, 9.17) is 4.74 Å². The monoisotopic (exact) mass is 459 g/mol. The molecule has 1 aliphatic rings. The number of methoxy groups -OCH3 is 1. The van der Waals surface area contributed by atoms with Crippen molar-refractivity contribution in [1.82, 2.24) is 4.31 Å². The number of benzene rings is 2. The molecule has 8 heteroatoms. The Bertz CT molecular complexity index is 1040. The zero-order valence-electron chi connectivity index (χ0n) is 18.6. The van der Waals surface area contributed by atoms with Gasteiger partial charge in [0.1, 0.15) is 6.61 Å². The number of carbonyl (C=O) groups excluding carboxylic acids is 2. The molecule has 2 aromatic rings. The molecule has 0 N–H and O–H groups in total. The molecule has 7 nitrogen and oxygen atoms in total. The van der Waals surface area contributed by atoms with Gasteiger partial charge in [-0.15, -0.1) is 0 Å². The van der Waals surface area contributed by atoms with Crippen LogP contribution in [0.3, 0.4) is 0 Å². The van der Waals surface area contributed by atoms with Gasteiger partial charge in [-0.25, -0.2) is 13.2 Å². The number of esters is 2. The zero-order valence-corrected chi connectivity index (χ0v) is 19.4. The van der Waals surface area contributed by atoms with Gasteiger partial charge < -0.3 is 9.47 Å². The van der Waals surface area contributed by atoms with Gasteiger partial charge in [0.05, 0.1) is 23.5 Å². The first-order chi connectivity index (χ1) is 15.2. The molecule has 0 aromatic heterocycles. The summed E-state index contributed by atoms with van der Waals surface area (Å²) >= 11 is 0. The molecule has 0 unspecified atom stereocenters. The molecule has 0 atom stereocenters. The topological polar surface area (TPSA) is 90.0 Å². The van der Waals surface area contributed by atoms with Crippen LogP contribution < -0.4 is 0 Å². The van der Waals surface area contributed by atoms with Crippen molar-refractivity contribution in [1.29, 1.82) is 0 Å². The van der Waals surface area contributed by atoms with Crippen molar-refractivity contribution in [2.24, 2.45) is 5.92 Å². The van der Waals surface area contributed by atoms with E-state index < -0.39 is 16.0 Å². The van der Waals surface area contributed by atoms with E-state index in [1.54, 1.807) is 36.4 Å². The largest absolute Gasteiger partial charge is 0.465 e. The van der Waals surface area contributed by atoms with E-state index in [2.05, 4.69) is 18.6 Å². The van der Waals surface area contributed by atoms with Crippen molar-refractivity contribution in [3.05, 3.63) is 65.2 Å². The Hall–Kier alpha value is -2.71. The van der Waals surface area contributed by atoms with Crippen LogP contribution in [0.5, 0.6) is 0 Å². The van der Waals surface area contributed by atoms with E-state index in [-0.39, 0.29) is 36.5 Å². The number of hydrogen-bond acceptors (Lipinski definition) is 6. The second kappa shape index (κ2) is 10.3. The van der Waals surface area contributed by atoms with Crippen LogP contribution >= 0.6 is 0 Å². The van der Waals surface area contributed by atoms with Gasteiger partial charge in [-0.3, -0.25) is 4.79 Å². The first-order valence-electron chi connectivity index (χ1n) is 10.7. The number of rotatable bonds is 7. The molecule has 1 fully saturated rings. The predicted octanol–water partition coefficient (Wildman–Crippen LogP) is 3.74. The summed E-state index contributed by atoms with van der Waals surface area (Å²) in [6.45, 7) is 4.78. The van der Waals surface area contributed by atoms with Crippen LogP contribution in [0.25, 0.3) is 0 Å². The van der Waals surface area contributed by atoms with Crippen molar-refractivity contribution in [3.8, 4) is 0 Å². The first kappa shape index (κ1) is 23.9. The second-order valence-corrected chi connectivity index (χ2v) is 10.1. The Kier molecular flexibility index (Phi) is 7.69. The lowest BCUT2D eigenvalue weighted by molar-refractivity contribution is -0.151. The summed E-state index contributed by atoms with van der Waals surface area (Å²) in [4.78, 5) is 24.2. The lowest BCUT2D eigenvalue weighted by Gasteiger charge is -2.30. The minimum Gasteiger partial charge on any atom is -0.465 e. The van der Waals surface area contributed by atoms with Gasteiger partial charge in [0, 0.05) is 13.1 Å². The standard InChI is InChI=1S/C24H29NO6S/c1-17(2)19-8-10-22(11-9-19)32(28,29)25-14-12-21(13-15-25)24(27)31-16-18-4-6-20(7-5-18)23(26)30-3/h4-11,17,21H,12-16H2,1-3H3. The van der Waals surface area contributed by atoms with Crippen molar-refractivity contribution < 1.29 is 27.5 Å². The molecule has 0 radical (unpaired) electrons. The highest BCUT2D eigenvalue weighted by Gasteiger charge is 2.32. The second-order valence-electron chi connectivity index (χ2n) is 8.20. The molecule has 2 aromatic carbocycles. The molecule has 32 heavy (non-hydrogen) atoms. The minimum atomic E-state index is -3.58. The molecular weight excluding hydrogens is 430 g/mol. The third-order valence-corrected chi connectivity index (χ3v) is 7.64. The van der Waals surface area contributed by atoms with Crippen LogP contribution in [0.1, 0.15) is 54.1 Å².